The quantitative estimate of drug-likeness (QED) is 0.329. The lowest BCUT2D eigenvalue weighted by Gasteiger charge is -2.16. The van der Waals surface area contributed by atoms with Crippen molar-refractivity contribution in [1.82, 2.24) is 0 Å². The van der Waals surface area contributed by atoms with E-state index in [2.05, 4.69) is 6.92 Å². The summed E-state index contributed by atoms with van der Waals surface area (Å²) in [6.07, 6.45) is -1.05. The number of ether oxygens (including phenoxy) is 1. The molecule has 0 saturated heterocycles. The number of aryl methyl sites for hydroxylation is 3. The molecule has 0 radical (unpaired) electrons. The van der Waals surface area contributed by atoms with Crippen LogP contribution in [0.2, 0.25) is 0 Å². The van der Waals surface area contributed by atoms with Gasteiger partial charge >= 0.3 is 6.18 Å². The maximum atomic E-state index is 14.3. The lowest BCUT2D eigenvalue weighted by atomic mass is 9.97. The first-order valence-corrected chi connectivity index (χ1v) is 9.56. The molecule has 0 fully saturated rings. The highest BCUT2D eigenvalue weighted by atomic mass is 19.4. The average molecular weight is 400 g/mol. The summed E-state index contributed by atoms with van der Waals surface area (Å²) in [5, 5.41) is 0. The van der Waals surface area contributed by atoms with Gasteiger partial charge in [-0.05, 0) is 61.4 Å². The summed E-state index contributed by atoms with van der Waals surface area (Å²) >= 11 is 0. The number of hydrogen-bond donors (Lipinski definition) is 0. The highest BCUT2D eigenvalue weighted by Crippen LogP contribution is 2.38. The minimum absolute atomic E-state index is 0.0531. The lowest BCUT2D eigenvalue weighted by molar-refractivity contribution is -0.140. The van der Waals surface area contributed by atoms with E-state index in [0.717, 1.165) is 31.2 Å². The Labute approximate surface area is 162 Å². The van der Waals surface area contributed by atoms with Gasteiger partial charge in [-0.2, -0.15) is 13.2 Å². The summed E-state index contributed by atoms with van der Waals surface area (Å²) in [4.78, 5) is 0. The van der Waals surface area contributed by atoms with Crippen molar-refractivity contribution in [2.24, 2.45) is 0 Å². The Kier molecular flexibility index (Phi) is 7.84. The molecule has 0 amide bonds. The zero-order valence-corrected chi connectivity index (χ0v) is 16.1. The number of unbranched alkanes of at least 4 members (excludes halogenated alkanes) is 2. The van der Waals surface area contributed by atoms with Crippen molar-refractivity contribution in [1.29, 1.82) is 0 Å². The first-order chi connectivity index (χ1) is 13.3. The number of rotatable bonds is 9. The minimum atomic E-state index is -4.85. The van der Waals surface area contributed by atoms with Crippen LogP contribution in [0.3, 0.4) is 0 Å². The summed E-state index contributed by atoms with van der Waals surface area (Å²) in [7, 11) is 0. The van der Waals surface area contributed by atoms with Crippen LogP contribution in [0.4, 0.5) is 22.0 Å². The lowest BCUT2D eigenvalue weighted by Crippen LogP contribution is -2.14. The number of benzene rings is 2. The second kappa shape index (κ2) is 9.89. The van der Waals surface area contributed by atoms with E-state index in [9.17, 15) is 22.0 Å². The molecule has 0 bridgehead atoms. The highest BCUT2D eigenvalue weighted by Gasteiger charge is 2.38. The largest absolute Gasteiger partial charge is 0.491 e. The van der Waals surface area contributed by atoms with E-state index in [1.165, 1.54) is 18.2 Å². The SMILES string of the molecule is CCCCCc1ccc(CCc2ccc(OCC)c(F)c2C(F)(F)F)c(F)c1. The molecule has 0 aliphatic carbocycles. The van der Waals surface area contributed by atoms with Crippen molar-refractivity contribution in [3.8, 4) is 5.75 Å². The van der Waals surface area contributed by atoms with E-state index in [4.69, 9.17) is 4.74 Å². The Morgan fingerprint density at radius 1 is 0.857 bits per heavy atom. The Morgan fingerprint density at radius 2 is 1.54 bits per heavy atom. The van der Waals surface area contributed by atoms with Crippen molar-refractivity contribution in [2.45, 2.75) is 58.5 Å². The molecule has 1 nitrogen and oxygen atoms in total. The third-order valence-corrected chi connectivity index (χ3v) is 4.63. The number of alkyl halides is 3. The molecule has 6 heteroatoms. The first kappa shape index (κ1) is 22.2. The van der Waals surface area contributed by atoms with Gasteiger partial charge in [0.1, 0.15) is 5.82 Å². The topological polar surface area (TPSA) is 9.23 Å². The van der Waals surface area contributed by atoms with Crippen LogP contribution in [0.15, 0.2) is 30.3 Å². The van der Waals surface area contributed by atoms with Crippen LogP contribution in [-0.4, -0.2) is 6.61 Å². The monoisotopic (exact) mass is 400 g/mol. The van der Waals surface area contributed by atoms with Crippen molar-refractivity contribution in [2.75, 3.05) is 6.61 Å². The Hall–Kier alpha value is -2.11. The molecular weight excluding hydrogens is 375 g/mol. The second-order valence-corrected chi connectivity index (χ2v) is 6.73. The Bertz CT molecular complexity index is 783. The maximum Gasteiger partial charge on any atom is 0.419 e. The van der Waals surface area contributed by atoms with Crippen LogP contribution in [0.5, 0.6) is 5.75 Å². The van der Waals surface area contributed by atoms with Gasteiger partial charge in [0.05, 0.1) is 12.2 Å². The summed E-state index contributed by atoms with van der Waals surface area (Å²) in [5.74, 6) is -2.28. The van der Waals surface area contributed by atoms with Crippen molar-refractivity contribution < 1.29 is 26.7 Å². The summed E-state index contributed by atoms with van der Waals surface area (Å²) < 4.78 is 73.7. The fourth-order valence-corrected chi connectivity index (χ4v) is 3.18. The van der Waals surface area contributed by atoms with E-state index in [0.29, 0.717) is 5.56 Å². The Balaban J connectivity index is 2.19. The zero-order valence-electron chi connectivity index (χ0n) is 16.1. The van der Waals surface area contributed by atoms with E-state index in [1.807, 2.05) is 0 Å². The maximum absolute atomic E-state index is 14.3. The van der Waals surface area contributed by atoms with Crippen molar-refractivity contribution in [3.63, 3.8) is 0 Å². The fraction of sp³-hybridized carbons (Fsp3) is 0.455. The molecule has 154 valence electrons. The summed E-state index contributed by atoms with van der Waals surface area (Å²) in [6.45, 7) is 3.71. The van der Waals surface area contributed by atoms with Gasteiger partial charge in [-0.25, -0.2) is 8.78 Å². The van der Waals surface area contributed by atoms with Crippen LogP contribution in [0.25, 0.3) is 0 Å². The van der Waals surface area contributed by atoms with Crippen LogP contribution in [0, 0.1) is 11.6 Å². The molecular formula is C22H25F5O. The predicted octanol–water partition coefficient (Wildman–Crippen LogP) is 6.90. The molecule has 2 rings (SSSR count). The van der Waals surface area contributed by atoms with Gasteiger partial charge in [0.15, 0.2) is 11.6 Å². The van der Waals surface area contributed by atoms with Crippen LogP contribution in [-0.2, 0) is 25.4 Å². The number of hydrogen-bond acceptors (Lipinski definition) is 1. The first-order valence-electron chi connectivity index (χ1n) is 9.56. The summed E-state index contributed by atoms with van der Waals surface area (Å²) in [6, 6.07) is 7.24. The molecule has 0 unspecified atom stereocenters. The third kappa shape index (κ3) is 5.69. The molecule has 2 aromatic rings. The molecule has 0 saturated carbocycles. The van der Waals surface area contributed by atoms with Gasteiger partial charge in [0.2, 0.25) is 0 Å². The molecule has 0 aliphatic heterocycles. The van der Waals surface area contributed by atoms with Crippen LogP contribution in [0.1, 0.15) is 55.4 Å². The molecule has 0 N–H and O–H groups in total. The molecule has 2 aromatic carbocycles. The van der Waals surface area contributed by atoms with Gasteiger partial charge in [-0.3, -0.25) is 0 Å². The fourth-order valence-electron chi connectivity index (χ4n) is 3.18. The van der Waals surface area contributed by atoms with E-state index in [1.54, 1.807) is 19.1 Å². The van der Waals surface area contributed by atoms with Gasteiger partial charge < -0.3 is 4.74 Å². The van der Waals surface area contributed by atoms with Gasteiger partial charge in [0.25, 0.3) is 0 Å². The molecule has 0 heterocycles. The van der Waals surface area contributed by atoms with Gasteiger partial charge in [0, 0.05) is 0 Å². The molecule has 0 aliphatic rings. The van der Waals surface area contributed by atoms with Gasteiger partial charge in [-0.15, -0.1) is 0 Å². The number of halogens is 5. The molecule has 28 heavy (non-hydrogen) atoms. The van der Waals surface area contributed by atoms with Crippen molar-refractivity contribution >= 4 is 0 Å². The highest BCUT2D eigenvalue weighted by molar-refractivity contribution is 5.40. The predicted molar refractivity (Wildman–Crippen MR) is 99.6 cm³/mol. The molecule has 0 atom stereocenters. The normalized spacial score (nSPS) is 11.7. The van der Waals surface area contributed by atoms with E-state index < -0.39 is 29.1 Å². The standard InChI is InChI=1S/C22H25F5O/c1-3-5-6-7-15-8-9-16(18(23)14-15)10-11-17-12-13-19(28-4-2)21(24)20(17)22(25,26)27/h8-9,12-14H,3-7,10-11H2,1-2H3. The minimum Gasteiger partial charge on any atom is -0.491 e. The van der Waals surface area contributed by atoms with Crippen LogP contribution < -0.4 is 4.74 Å². The third-order valence-electron chi connectivity index (χ3n) is 4.63. The Morgan fingerprint density at radius 3 is 2.14 bits per heavy atom. The van der Waals surface area contributed by atoms with Crippen LogP contribution >= 0.6 is 0 Å². The molecule has 0 aromatic heterocycles. The van der Waals surface area contributed by atoms with Gasteiger partial charge in [-0.1, -0.05) is 38.0 Å². The van der Waals surface area contributed by atoms with E-state index in [-0.39, 0.29) is 25.0 Å². The summed E-state index contributed by atoms with van der Waals surface area (Å²) in [5.41, 5.74) is -0.352. The van der Waals surface area contributed by atoms with Crippen molar-refractivity contribution in [3.05, 3.63) is 64.2 Å². The smallest absolute Gasteiger partial charge is 0.419 e. The second-order valence-electron chi connectivity index (χ2n) is 6.73. The van der Waals surface area contributed by atoms with E-state index >= 15 is 0 Å². The average Bonchev–Trinajstić information content (AvgIpc) is 2.62. The zero-order chi connectivity index (χ0) is 20.7. The molecule has 0 spiro atoms.